The lowest BCUT2D eigenvalue weighted by molar-refractivity contribution is -0.139. The summed E-state index contributed by atoms with van der Waals surface area (Å²) in [7, 11) is 2.95. The van der Waals surface area contributed by atoms with E-state index in [0.29, 0.717) is 31.9 Å². The molecule has 0 bridgehead atoms. The van der Waals surface area contributed by atoms with Crippen molar-refractivity contribution in [1.82, 2.24) is 15.5 Å². The number of methoxy groups -OCH3 is 1. The van der Waals surface area contributed by atoms with Crippen LogP contribution in [0.15, 0.2) is 18.2 Å². The number of benzene rings is 1. The number of halogens is 4. The number of nitrogens with zero attached hydrogens (tertiary/aromatic N) is 2. The van der Waals surface area contributed by atoms with Gasteiger partial charge in [-0.05, 0) is 31.7 Å². The van der Waals surface area contributed by atoms with Gasteiger partial charge in [-0.3, -0.25) is 19.7 Å². The second-order valence-corrected chi connectivity index (χ2v) is 8.34. The van der Waals surface area contributed by atoms with E-state index in [1.54, 1.807) is 23.8 Å². The molecule has 0 radical (unpaired) electrons. The molecule has 33 heavy (non-hydrogen) atoms. The third kappa shape index (κ3) is 6.36. The molecule has 0 spiro atoms. The second-order valence-electron chi connectivity index (χ2n) is 7.94. The maximum Gasteiger partial charge on any atom is 0.417 e. The van der Waals surface area contributed by atoms with E-state index in [-0.39, 0.29) is 30.4 Å². The molecule has 184 valence electrons. The quantitative estimate of drug-likeness (QED) is 0.512. The molecule has 1 aliphatic rings. The first-order chi connectivity index (χ1) is 15.5. The summed E-state index contributed by atoms with van der Waals surface area (Å²) in [4.78, 5) is 39.6. The van der Waals surface area contributed by atoms with Crippen LogP contribution in [0.25, 0.3) is 0 Å². The summed E-state index contributed by atoms with van der Waals surface area (Å²) in [6.45, 7) is 2.94. The molecule has 8 nitrogen and oxygen atoms in total. The van der Waals surface area contributed by atoms with Crippen molar-refractivity contribution in [3.8, 4) is 0 Å². The summed E-state index contributed by atoms with van der Waals surface area (Å²) in [5, 5.41) is 4.60. The van der Waals surface area contributed by atoms with Crippen molar-refractivity contribution in [3.63, 3.8) is 0 Å². The van der Waals surface area contributed by atoms with Crippen LogP contribution < -0.4 is 15.5 Å². The second kappa shape index (κ2) is 11.2. The van der Waals surface area contributed by atoms with E-state index in [0.717, 1.165) is 6.07 Å². The number of amides is 3. The molecule has 2 atom stereocenters. The van der Waals surface area contributed by atoms with Crippen LogP contribution in [0.2, 0.25) is 5.02 Å². The minimum Gasteiger partial charge on any atom is -0.382 e. The van der Waals surface area contributed by atoms with Gasteiger partial charge in [0.25, 0.3) is 0 Å². The van der Waals surface area contributed by atoms with Gasteiger partial charge in [-0.2, -0.15) is 13.2 Å². The zero-order valence-corrected chi connectivity index (χ0v) is 19.4. The van der Waals surface area contributed by atoms with Crippen molar-refractivity contribution >= 4 is 35.5 Å². The predicted octanol–water partition coefficient (Wildman–Crippen LogP) is 1.91. The Morgan fingerprint density at radius 3 is 2.39 bits per heavy atom. The average Bonchev–Trinajstić information content (AvgIpc) is 2.78. The van der Waals surface area contributed by atoms with Crippen molar-refractivity contribution in [2.75, 3.05) is 51.8 Å². The Morgan fingerprint density at radius 1 is 1.24 bits per heavy atom. The summed E-state index contributed by atoms with van der Waals surface area (Å²) in [5.74, 6) is -1.38. The van der Waals surface area contributed by atoms with Crippen LogP contribution in [0.4, 0.5) is 18.9 Å². The number of carbonyl (C=O) groups excluding carboxylic acids is 3. The van der Waals surface area contributed by atoms with Crippen LogP contribution in [-0.2, 0) is 25.3 Å². The fourth-order valence-electron chi connectivity index (χ4n) is 3.98. The van der Waals surface area contributed by atoms with E-state index in [9.17, 15) is 27.6 Å². The van der Waals surface area contributed by atoms with E-state index in [1.165, 1.54) is 19.2 Å². The lowest BCUT2D eigenvalue weighted by atomic mass is 9.87. The van der Waals surface area contributed by atoms with Gasteiger partial charge in [-0.15, -0.1) is 0 Å². The Bertz CT molecular complexity index is 862. The fourth-order valence-corrected chi connectivity index (χ4v) is 4.20. The summed E-state index contributed by atoms with van der Waals surface area (Å²) >= 11 is 5.70. The highest BCUT2D eigenvalue weighted by molar-refractivity contribution is 6.31. The topological polar surface area (TPSA) is 91.0 Å². The number of carbonyl (C=O) groups is 3. The van der Waals surface area contributed by atoms with E-state index in [1.807, 2.05) is 0 Å². The smallest absolute Gasteiger partial charge is 0.382 e. The van der Waals surface area contributed by atoms with Crippen LogP contribution >= 0.6 is 11.6 Å². The van der Waals surface area contributed by atoms with Crippen molar-refractivity contribution in [2.24, 2.45) is 5.92 Å². The normalized spacial score (nSPS) is 17.3. The summed E-state index contributed by atoms with van der Waals surface area (Å²) in [6, 6.07) is 3.76. The SMILES string of the molecule is CNC(COC)(CC(C)C(=O)N1CCN(c2ccc(Cl)c(C(F)(F)F)c2)CC1)C(=O)NC=O. The summed E-state index contributed by atoms with van der Waals surface area (Å²) < 4.78 is 44.6. The van der Waals surface area contributed by atoms with Crippen molar-refractivity contribution in [2.45, 2.75) is 25.1 Å². The molecule has 3 amide bonds. The first-order valence-electron chi connectivity index (χ1n) is 10.3. The zero-order valence-electron chi connectivity index (χ0n) is 18.7. The molecule has 0 aromatic heterocycles. The highest BCUT2D eigenvalue weighted by Crippen LogP contribution is 2.37. The molecule has 2 unspecified atom stereocenters. The number of alkyl halides is 3. The van der Waals surface area contributed by atoms with Crippen LogP contribution in [0.1, 0.15) is 18.9 Å². The first-order valence-corrected chi connectivity index (χ1v) is 10.7. The average molecular weight is 493 g/mol. The lowest BCUT2D eigenvalue weighted by Crippen LogP contribution is -2.60. The van der Waals surface area contributed by atoms with Gasteiger partial charge in [-0.25, -0.2) is 0 Å². The molecule has 1 fully saturated rings. The number of rotatable bonds is 9. The molecular formula is C21H28ClF3N4O4. The van der Waals surface area contributed by atoms with Crippen LogP contribution in [0, 0.1) is 5.92 Å². The molecule has 0 aliphatic carbocycles. The molecule has 1 aromatic rings. The number of hydrogen-bond acceptors (Lipinski definition) is 6. The number of likely N-dealkylation sites (N-methyl/N-ethyl adjacent to an activating group) is 1. The molecular weight excluding hydrogens is 465 g/mol. The largest absolute Gasteiger partial charge is 0.417 e. The number of piperazine rings is 1. The van der Waals surface area contributed by atoms with Crippen LogP contribution in [-0.4, -0.2) is 75.6 Å². The molecule has 1 aliphatic heterocycles. The zero-order chi connectivity index (χ0) is 24.8. The molecule has 12 heteroatoms. The Morgan fingerprint density at radius 2 is 1.88 bits per heavy atom. The standard InChI is InChI=1S/C21H28ClF3N4O4/c1-14(11-20(26-2,12-33-3)19(32)27-13-30)18(31)29-8-6-28(7-9-29)15-4-5-17(22)16(10-15)21(23,24)25/h4-5,10,13-14,26H,6-9,11-12H2,1-3H3,(H,27,30,32). The Kier molecular flexibility index (Phi) is 9.10. The number of ether oxygens (including phenoxy) is 1. The van der Waals surface area contributed by atoms with Gasteiger partial charge in [0.1, 0.15) is 5.54 Å². The molecule has 1 saturated heterocycles. The highest BCUT2D eigenvalue weighted by atomic mass is 35.5. The molecule has 2 N–H and O–H groups in total. The third-order valence-corrected chi connectivity index (χ3v) is 6.11. The van der Waals surface area contributed by atoms with E-state index in [2.05, 4.69) is 10.6 Å². The highest BCUT2D eigenvalue weighted by Gasteiger charge is 2.41. The van der Waals surface area contributed by atoms with Gasteiger partial charge in [0, 0.05) is 44.9 Å². The number of anilines is 1. The summed E-state index contributed by atoms with van der Waals surface area (Å²) in [5.41, 5.74) is -1.79. The molecule has 1 heterocycles. The predicted molar refractivity (Wildman–Crippen MR) is 117 cm³/mol. The monoisotopic (exact) mass is 492 g/mol. The van der Waals surface area contributed by atoms with Gasteiger partial charge in [0.15, 0.2) is 0 Å². The van der Waals surface area contributed by atoms with E-state index < -0.39 is 29.1 Å². The number of hydrogen-bond donors (Lipinski definition) is 2. The summed E-state index contributed by atoms with van der Waals surface area (Å²) in [6.07, 6.45) is -4.20. The minimum atomic E-state index is -4.56. The minimum absolute atomic E-state index is 0.0489. The lowest BCUT2D eigenvalue weighted by Gasteiger charge is -2.39. The van der Waals surface area contributed by atoms with Crippen molar-refractivity contribution < 1.29 is 32.3 Å². The maximum atomic E-state index is 13.2. The Balaban J connectivity index is 2.06. The van der Waals surface area contributed by atoms with E-state index in [4.69, 9.17) is 16.3 Å². The van der Waals surface area contributed by atoms with Gasteiger partial charge in [0.05, 0.1) is 17.2 Å². The third-order valence-electron chi connectivity index (χ3n) is 5.78. The number of nitrogens with one attached hydrogen (secondary N) is 2. The van der Waals surface area contributed by atoms with Crippen LogP contribution in [0.5, 0.6) is 0 Å². The first kappa shape index (κ1) is 26.9. The Labute approximate surface area is 195 Å². The van der Waals surface area contributed by atoms with Gasteiger partial charge in [-0.1, -0.05) is 18.5 Å². The van der Waals surface area contributed by atoms with Crippen LogP contribution in [0.3, 0.4) is 0 Å². The van der Waals surface area contributed by atoms with Crippen molar-refractivity contribution in [3.05, 3.63) is 28.8 Å². The Hall–Kier alpha value is -2.37. The van der Waals surface area contributed by atoms with Gasteiger partial charge < -0.3 is 19.9 Å². The molecule has 1 aromatic carbocycles. The van der Waals surface area contributed by atoms with Gasteiger partial charge in [0.2, 0.25) is 18.2 Å². The van der Waals surface area contributed by atoms with E-state index >= 15 is 0 Å². The number of imide groups is 1. The maximum absolute atomic E-state index is 13.2. The molecule has 0 saturated carbocycles. The molecule has 2 rings (SSSR count). The van der Waals surface area contributed by atoms with Gasteiger partial charge >= 0.3 is 6.18 Å². The fraction of sp³-hybridized carbons (Fsp3) is 0.571. The van der Waals surface area contributed by atoms with Crippen molar-refractivity contribution in [1.29, 1.82) is 0 Å².